The van der Waals surface area contributed by atoms with E-state index in [-0.39, 0.29) is 27.9 Å². The van der Waals surface area contributed by atoms with Crippen LogP contribution < -0.4 is 15.0 Å². The highest BCUT2D eigenvalue weighted by Crippen LogP contribution is 2.31. The first-order valence-electron chi connectivity index (χ1n) is 9.21. The zero-order valence-corrected chi connectivity index (χ0v) is 16.3. The van der Waals surface area contributed by atoms with Crippen molar-refractivity contribution < 1.29 is 29.0 Å². The van der Waals surface area contributed by atoms with E-state index in [2.05, 4.69) is 5.32 Å². The lowest BCUT2D eigenvalue weighted by Gasteiger charge is -2.14. The zero-order chi connectivity index (χ0) is 22.1. The van der Waals surface area contributed by atoms with Crippen LogP contribution >= 0.6 is 0 Å². The number of anilines is 2. The van der Waals surface area contributed by atoms with Crippen molar-refractivity contribution in [3.05, 3.63) is 89.0 Å². The minimum Gasteiger partial charge on any atom is -0.497 e. The summed E-state index contributed by atoms with van der Waals surface area (Å²) in [4.78, 5) is 50.8. The molecule has 1 aliphatic heterocycles. The molecule has 8 heteroatoms. The van der Waals surface area contributed by atoms with E-state index in [1.54, 1.807) is 36.4 Å². The van der Waals surface area contributed by atoms with Gasteiger partial charge in [-0.05, 0) is 42.5 Å². The summed E-state index contributed by atoms with van der Waals surface area (Å²) in [6, 6.07) is 16.7. The average Bonchev–Trinajstić information content (AvgIpc) is 3.03. The van der Waals surface area contributed by atoms with Gasteiger partial charge in [0.2, 0.25) is 0 Å². The normalized spacial score (nSPS) is 12.5. The molecule has 31 heavy (non-hydrogen) atoms. The van der Waals surface area contributed by atoms with Gasteiger partial charge >= 0.3 is 5.97 Å². The number of aromatic carboxylic acids is 1. The third kappa shape index (κ3) is 3.51. The summed E-state index contributed by atoms with van der Waals surface area (Å²) in [6.07, 6.45) is 0. The van der Waals surface area contributed by atoms with Gasteiger partial charge in [0.25, 0.3) is 17.7 Å². The number of carboxylic acids is 1. The molecule has 0 fully saturated rings. The van der Waals surface area contributed by atoms with Gasteiger partial charge in [-0.25, -0.2) is 9.69 Å². The maximum absolute atomic E-state index is 12.9. The van der Waals surface area contributed by atoms with Crippen molar-refractivity contribution in [3.8, 4) is 5.75 Å². The molecular formula is C23H16N2O6. The van der Waals surface area contributed by atoms with Crippen molar-refractivity contribution in [2.45, 2.75) is 0 Å². The number of para-hydroxylation sites is 1. The molecular weight excluding hydrogens is 400 g/mol. The van der Waals surface area contributed by atoms with Gasteiger partial charge in [-0.1, -0.05) is 18.2 Å². The Kier molecular flexibility index (Phi) is 4.96. The van der Waals surface area contributed by atoms with E-state index in [1.807, 2.05) is 0 Å². The van der Waals surface area contributed by atoms with Crippen LogP contribution in [0.1, 0.15) is 41.4 Å². The van der Waals surface area contributed by atoms with E-state index in [1.165, 1.54) is 37.4 Å². The molecule has 1 heterocycles. The number of nitrogens with one attached hydrogen (secondary N) is 1. The Hall–Kier alpha value is -4.46. The van der Waals surface area contributed by atoms with E-state index in [9.17, 15) is 24.3 Å². The number of benzene rings is 3. The number of carbonyl (C=O) groups is 4. The third-order valence-electron chi connectivity index (χ3n) is 4.87. The number of carbonyl (C=O) groups excluding carboxylic acids is 3. The predicted octanol–water partition coefficient (Wildman–Crippen LogP) is 3.45. The fourth-order valence-corrected chi connectivity index (χ4v) is 3.34. The number of fused-ring (bicyclic) bond motifs is 1. The van der Waals surface area contributed by atoms with E-state index >= 15 is 0 Å². The number of imide groups is 1. The Morgan fingerprint density at radius 3 is 2.39 bits per heavy atom. The van der Waals surface area contributed by atoms with Crippen molar-refractivity contribution in [2.75, 3.05) is 17.3 Å². The molecule has 8 nitrogen and oxygen atoms in total. The molecule has 0 saturated carbocycles. The predicted molar refractivity (Wildman–Crippen MR) is 112 cm³/mol. The van der Waals surface area contributed by atoms with Gasteiger partial charge in [0.1, 0.15) is 5.75 Å². The van der Waals surface area contributed by atoms with E-state index in [0.717, 1.165) is 4.90 Å². The number of hydrogen-bond donors (Lipinski definition) is 2. The van der Waals surface area contributed by atoms with Gasteiger partial charge in [0, 0.05) is 11.6 Å². The quantitative estimate of drug-likeness (QED) is 0.616. The number of hydrogen-bond acceptors (Lipinski definition) is 5. The molecule has 0 bridgehead atoms. The summed E-state index contributed by atoms with van der Waals surface area (Å²) < 4.78 is 5.15. The summed E-state index contributed by atoms with van der Waals surface area (Å²) in [7, 11) is 1.48. The number of rotatable bonds is 5. The van der Waals surface area contributed by atoms with E-state index < -0.39 is 23.7 Å². The fourth-order valence-electron chi connectivity index (χ4n) is 3.34. The summed E-state index contributed by atoms with van der Waals surface area (Å²) in [6.45, 7) is 0. The molecule has 0 saturated heterocycles. The van der Waals surface area contributed by atoms with Crippen molar-refractivity contribution in [3.63, 3.8) is 0 Å². The van der Waals surface area contributed by atoms with Crippen molar-refractivity contribution in [1.82, 2.24) is 0 Å². The number of methoxy groups -OCH3 is 1. The molecule has 0 radical (unpaired) electrons. The Labute approximate surface area is 176 Å². The van der Waals surface area contributed by atoms with Crippen LogP contribution in [0.3, 0.4) is 0 Å². The third-order valence-corrected chi connectivity index (χ3v) is 4.87. The maximum atomic E-state index is 12.9. The standard InChI is InChI=1S/C23H16N2O6/c1-31-15-6-4-5-14(12-15)25-21(27)16-10-9-13(11-18(16)22(25)28)20(26)24-19-8-3-2-7-17(19)23(29)30/h2-12H,1H3,(H,24,26)(H,29,30). The Balaban J connectivity index is 1.64. The monoisotopic (exact) mass is 416 g/mol. The number of carboxylic acid groups (broad SMARTS) is 1. The molecule has 4 rings (SSSR count). The van der Waals surface area contributed by atoms with Crippen LogP contribution in [0, 0.1) is 0 Å². The molecule has 0 aromatic heterocycles. The van der Waals surface area contributed by atoms with Crippen LogP contribution in [0.2, 0.25) is 0 Å². The van der Waals surface area contributed by atoms with Crippen molar-refractivity contribution in [1.29, 1.82) is 0 Å². The van der Waals surface area contributed by atoms with Gasteiger partial charge in [0.15, 0.2) is 0 Å². The average molecular weight is 416 g/mol. The SMILES string of the molecule is COc1cccc(N2C(=O)c3ccc(C(=O)Nc4ccccc4C(=O)O)cc3C2=O)c1. The van der Waals surface area contributed by atoms with Gasteiger partial charge in [-0.2, -0.15) is 0 Å². The second-order valence-corrected chi connectivity index (χ2v) is 6.71. The molecule has 3 aromatic rings. The Morgan fingerprint density at radius 1 is 0.903 bits per heavy atom. The van der Waals surface area contributed by atoms with Crippen LogP contribution in [-0.2, 0) is 0 Å². The Morgan fingerprint density at radius 2 is 1.65 bits per heavy atom. The highest BCUT2D eigenvalue weighted by atomic mass is 16.5. The number of amides is 3. The largest absolute Gasteiger partial charge is 0.497 e. The summed E-state index contributed by atoms with van der Waals surface area (Å²) >= 11 is 0. The van der Waals surface area contributed by atoms with E-state index in [0.29, 0.717) is 11.4 Å². The van der Waals surface area contributed by atoms with Crippen LogP contribution in [0.25, 0.3) is 0 Å². The smallest absolute Gasteiger partial charge is 0.337 e. The highest BCUT2D eigenvalue weighted by molar-refractivity contribution is 6.34. The van der Waals surface area contributed by atoms with Crippen LogP contribution in [0.5, 0.6) is 5.75 Å². The van der Waals surface area contributed by atoms with Gasteiger partial charge in [-0.3, -0.25) is 14.4 Å². The summed E-state index contributed by atoms with van der Waals surface area (Å²) in [5.74, 6) is -2.35. The molecule has 154 valence electrons. The van der Waals surface area contributed by atoms with Gasteiger partial charge in [0.05, 0.1) is 35.2 Å². The maximum Gasteiger partial charge on any atom is 0.337 e. The second kappa shape index (κ2) is 7.75. The summed E-state index contributed by atoms with van der Waals surface area (Å²) in [5, 5.41) is 11.8. The van der Waals surface area contributed by atoms with Crippen LogP contribution in [-0.4, -0.2) is 35.9 Å². The molecule has 3 aromatic carbocycles. The lowest BCUT2D eigenvalue weighted by Crippen LogP contribution is -2.29. The van der Waals surface area contributed by atoms with Crippen molar-refractivity contribution in [2.24, 2.45) is 0 Å². The zero-order valence-electron chi connectivity index (χ0n) is 16.3. The topological polar surface area (TPSA) is 113 Å². The molecule has 0 aliphatic carbocycles. The molecule has 3 amide bonds. The number of nitrogens with zero attached hydrogens (tertiary/aromatic N) is 1. The van der Waals surface area contributed by atoms with Gasteiger partial charge in [-0.15, -0.1) is 0 Å². The molecule has 0 unspecified atom stereocenters. The highest BCUT2D eigenvalue weighted by Gasteiger charge is 2.37. The van der Waals surface area contributed by atoms with Crippen LogP contribution in [0.4, 0.5) is 11.4 Å². The van der Waals surface area contributed by atoms with Crippen molar-refractivity contribution >= 4 is 35.1 Å². The first-order valence-corrected chi connectivity index (χ1v) is 9.21. The molecule has 1 aliphatic rings. The minimum atomic E-state index is -1.18. The first-order chi connectivity index (χ1) is 14.9. The second-order valence-electron chi connectivity index (χ2n) is 6.71. The molecule has 2 N–H and O–H groups in total. The summed E-state index contributed by atoms with van der Waals surface area (Å²) in [5.41, 5.74) is 0.801. The lowest BCUT2D eigenvalue weighted by atomic mass is 10.0. The minimum absolute atomic E-state index is 0.0625. The fraction of sp³-hybridized carbons (Fsp3) is 0.0435. The first kappa shape index (κ1) is 19.8. The molecule has 0 atom stereocenters. The Bertz CT molecular complexity index is 1250. The van der Waals surface area contributed by atoms with E-state index in [4.69, 9.17) is 4.74 Å². The molecule has 0 spiro atoms. The van der Waals surface area contributed by atoms with Gasteiger partial charge < -0.3 is 15.2 Å². The van der Waals surface area contributed by atoms with Crippen LogP contribution in [0.15, 0.2) is 66.7 Å². The lowest BCUT2D eigenvalue weighted by molar-refractivity contribution is 0.0697. The number of ether oxygens (including phenoxy) is 1.